The summed E-state index contributed by atoms with van der Waals surface area (Å²) in [5.74, 6) is -0.00273. The maximum atomic E-state index is 12.7. The molecule has 0 aliphatic carbocycles. The minimum atomic E-state index is -4.49. The topological polar surface area (TPSA) is 56.8 Å². The van der Waals surface area contributed by atoms with Gasteiger partial charge in [0.2, 0.25) is 0 Å². The van der Waals surface area contributed by atoms with Crippen LogP contribution in [0.1, 0.15) is 5.56 Å². The number of rotatable bonds is 6. The van der Waals surface area contributed by atoms with E-state index in [2.05, 4.69) is 5.32 Å². The number of carbonyl (C=O) groups is 1. The maximum absolute atomic E-state index is 12.7. The summed E-state index contributed by atoms with van der Waals surface area (Å²) in [4.78, 5) is 12.0. The van der Waals surface area contributed by atoms with Crippen molar-refractivity contribution in [2.45, 2.75) is 6.18 Å². The molecule has 2 rings (SSSR count). The molecule has 0 spiro atoms. The number of amides is 1. The number of nitrogens with one attached hydrogen (secondary N) is 1. The number of methoxy groups -OCH3 is 2. The third-order valence-corrected chi connectivity index (χ3v) is 3.57. The van der Waals surface area contributed by atoms with Gasteiger partial charge in [-0.05, 0) is 24.3 Å². The van der Waals surface area contributed by atoms with E-state index in [0.29, 0.717) is 11.5 Å². The highest BCUT2D eigenvalue weighted by molar-refractivity contribution is 6.32. The van der Waals surface area contributed by atoms with E-state index in [1.54, 1.807) is 0 Å². The van der Waals surface area contributed by atoms with Gasteiger partial charge in [0.15, 0.2) is 6.61 Å². The quantitative estimate of drug-likeness (QED) is 0.796. The zero-order chi connectivity index (χ0) is 19.3. The van der Waals surface area contributed by atoms with Crippen LogP contribution in [0.25, 0.3) is 0 Å². The van der Waals surface area contributed by atoms with Crippen molar-refractivity contribution in [1.82, 2.24) is 0 Å². The smallest absolute Gasteiger partial charge is 0.416 e. The minimum absolute atomic E-state index is 0.0743. The number of hydrogen-bond acceptors (Lipinski definition) is 4. The summed E-state index contributed by atoms with van der Waals surface area (Å²) in [5, 5.41) is 2.77. The Balaban J connectivity index is 2.05. The van der Waals surface area contributed by atoms with Crippen molar-refractivity contribution in [1.29, 1.82) is 0 Å². The Morgan fingerprint density at radius 3 is 2.42 bits per heavy atom. The zero-order valence-corrected chi connectivity index (χ0v) is 14.6. The van der Waals surface area contributed by atoms with Crippen LogP contribution >= 0.6 is 11.6 Å². The molecular weight excluding hydrogens is 375 g/mol. The SMILES string of the molecule is COc1cc(OC)c(NC(=O)COc2cccc(C(F)(F)F)c2)cc1Cl. The predicted molar refractivity (Wildman–Crippen MR) is 90.1 cm³/mol. The van der Waals surface area contributed by atoms with Gasteiger partial charge < -0.3 is 19.5 Å². The van der Waals surface area contributed by atoms with E-state index in [1.165, 1.54) is 38.5 Å². The van der Waals surface area contributed by atoms with Gasteiger partial charge in [-0.2, -0.15) is 13.2 Å². The first kappa shape index (κ1) is 19.7. The van der Waals surface area contributed by atoms with E-state index in [0.717, 1.165) is 12.1 Å². The molecular formula is C17H15ClF3NO4. The summed E-state index contributed by atoms with van der Waals surface area (Å²) in [6.07, 6.45) is -4.49. The van der Waals surface area contributed by atoms with Gasteiger partial charge in [0.05, 0.1) is 30.5 Å². The molecule has 0 radical (unpaired) electrons. The van der Waals surface area contributed by atoms with Gasteiger partial charge in [0.1, 0.15) is 17.2 Å². The molecule has 26 heavy (non-hydrogen) atoms. The molecule has 9 heteroatoms. The largest absolute Gasteiger partial charge is 0.495 e. The summed E-state index contributed by atoms with van der Waals surface area (Å²) in [7, 11) is 2.83. The molecule has 0 saturated heterocycles. The molecule has 0 aliphatic rings. The van der Waals surface area contributed by atoms with Crippen LogP contribution in [0.5, 0.6) is 17.2 Å². The van der Waals surface area contributed by atoms with Crippen molar-refractivity contribution >= 4 is 23.2 Å². The Labute approximate surface area is 152 Å². The molecule has 0 aliphatic heterocycles. The van der Waals surface area contributed by atoms with Crippen LogP contribution in [0.4, 0.5) is 18.9 Å². The van der Waals surface area contributed by atoms with Crippen LogP contribution in [0, 0.1) is 0 Å². The van der Waals surface area contributed by atoms with Gasteiger partial charge in [0, 0.05) is 6.07 Å². The summed E-state index contributed by atoms with van der Waals surface area (Å²) in [6, 6.07) is 7.18. The third-order valence-electron chi connectivity index (χ3n) is 3.28. The van der Waals surface area contributed by atoms with Crippen molar-refractivity contribution in [2.24, 2.45) is 0 Å². The zero-order valence-electron chi connectivity index (χ0n) is 13.8. The summed E-state index contributed by atoms with van der Waals surface area (Å²) in [5.41, 5.74) is -0.588. The highest BCUT2D eigenvalue weighted by atomic mass is 35.5. The Bertz CT molecular complexity index is 796. The maximum Gasteiger partial charge on any atom is 0.416 e. The van der Waals surface area contributed by atoms with E-state index in [1.807, 2.05) is 0 Å². The lowest BCUT2D eigenvalue weighted by Gasteiger charge is -2.14. The van der Waals surface area contributed by atoms with E-state index in [-0.39, 0.29) is 16.5 Å². The summed E-state index contributed by atoms with van der Waals surface area (Å²) >= 11 is 6.01. The monoisotopic (exact) mass is 389 g/mol. The van der Waals surface area contributed by atoms with Crippen molar-refractivity contribution < 1.29 is 32.2 Å². The lowest BCUT2D eigenvalue weighted by atomic mass is 10.2. The highest BCUT2D eigenvalue weighted by Gasteiger charge is 2.30. The first-order valence-corrected chi connectivity index (χ1v) is 7.64. The van der Waals surface area contributed by atoms with Gasteiger partial charge in [-0.3, -0.25) is 4.79 Å². The fraction of sp³-hybridized carbons (Fsp3) is 0.235. The molecule has 5 nitrogen and oxygen atoms in total. The lowest BCUT2D eigenvalue weighted by Crippen LogP contribution is -2.20. The van der Waals surface area contributed by atoms with E-state index < -0.39 is 24.3 Å². The number of benzene rings is 2. The fourth-order valence-electron chi connectivity index (χ4n) is 2.06. The second kappa shape index (κ2) is 8.18. The Hall–Kier alpha value is -2.61. The number of anilines is 1. The van der Waals surface area contributed by atoms with Gasteiger partial charge in [-0.25, -0.2) is 0 Å². The average molecular weight is 390 g/mol. The summed E-state index contributed by atoms with van der Waals surface area (Å²) in [6.45, 7) is -0.492. The molecule has 0 aromatic heterocycles. The number of halogens is 4. The van der Waals surface area contributed by atoms with Crippen molar-refractivity contribution in [3.05, 3.63) is 47.0 Å². The van der Waals surface area contributed by atoms with Crippen LogP contribution < -0.4 is 19.5 Å². The second-order valence-corrected chi connectivity index (χ2v) is 5.46. The number of hydrogen-bond donors (Lipinski definition) is 1. The van der Waals surface area contributed by atoms with Crippen molar-refractivity contribution in [3.8, 4) is 17.2 Å². The van der Waals surface area contributed by atoms with Crippen molar-refractivity contribution in [3.63, 3.8) is 0 Å². The highest BCUT2D eigenvalue weighted by Crippen LogP contribution is 2.36. The first-order chi connectivity index (χ1) is 12.2. The standard InChI is InChI=1S/C17H15ClF3NO4/c1-24-14-8-15(25-2)13(7-12(14)18)22-16(23)9-26-11-5-3-4-10(6-11)17(19,20)21/h3-8H,9H2,1-2H3,(H,22,23). The molecule has 1 N–H and O–H groups in total. The Morgan fingerprint density at radius 2 is 1.81 bits per heavy atom. The fourth-order valence-corrected chi connectivity index (χ4v) is 2.30. The molecule has 0 heterocycles. The predicted octanol–water partition coefficient (Wildman–Crippen LogP) is 4.39. The molecule has 2 aromatic rings. The number of alkyl halides is 3. The number of ether oxygens (including phenoxy) is 3. The molecule has 0 atom stereocenters. The summed E-state index contributed by atoms with van der Waals surface area (Å²) < 4.78 is 53.3. The van der Waals surface area contributed by atoms with Crippen LogP contribution in [0.15, 0.2) is 36.4 Å². The molecule has 0 saturated carbocycles. The van der Waals surface area contributed by atoms with Crippen LogP contribution in [-0.2, 0) is 11.0 Å². The first-order valence-electron chi connectivity index (χ1n) is 7.26. The van der Waals surface area contributed by atoms with Gasteiger partial charge in [0.25, 0.3) is 5.91 Å². The molecule has 0 unspecified atom stereocenters. The van der Waals surface area contributed by atoms with E-state index >= 15 is 0 Å². The van der Waals surface area contributed by atoms with Gasteiger partial charge in [-0.1, -0.05) is 17.7 Å². The van der Waals surface area contributed by atoms with Crippen LogP contribution in [0.3, 0.4) is 0 Å². The lowest BCUT2D eigenvalue weighted by molar-refractivity contribution is -0.137. The Morgan fingerprint density at radius 1 is 1.12 bits per heavy atom. The molecule has 0 fully saturated rings. The van der Waals surface area contributed by atoms with Gasteiger partial charge in [-0.15, -0.1) is 0 Å². The van der Waals surface area contributed by atoms with E-state index in [9.17, 15) is 18.0 Å². The van der Waals surface area contributed by atoms with Crippen LogP contribution in [-0.4, -0.2) is 26.7 Å². The van der Waals surface area contributed by atoms with Gasteiger partial charge >= 0.3 is 6.18 Å². The van der Waals surface area contributed by atoms with E-state index in [4.69, 9.17) is 25.8 Å². The molecule has 1 amide bonds. The molecule has 140 valence electrons. The normalized spacial score (nSPS) is 11.0. The Kier molecular flexibility index (Phi) is 6.20. The van der Waals surface area contributed by atoms with Crippen LogP contribution in [0.2, 0.25) is 5.02 Å². The molecule has 0 bridgehead atoms. The average Bonchev–Trinajstić information content (AvgIpc) is 2.60. The molecule has 2 aromatic carbocycles. The minimum Gasteiger partial charge on any atom is -0.495 e. The third kappa shape index (κ3) is 4.95. The second-order valence-electron chi connectivity index (χ2n) is 5.05. The van der Waals surface area contributed by atoms with Crippen molar-refractivity contribution in [2.75, 3.05) is 26.1 Å². The number of carbonyl (C=O) groups excluding carboxylic acids is 1.